The van der Waals surface area contributed by atoms with Gasteiger partial charge in [0.05, 0.1) is 5.92 Å². The summed E-state index contributed by atoms with van der Waals surface area (Å²) >= 11 is 0. The van der Waals surface area contributed by atoms with Gasteiger partial charge in [0, 0.05) is 13.1 Å². The summed E-state index contributed by atoms with van der Waals surface area (Å²) in [4.78, 5) is 24.3. The molecule has 1 atom stereocenters. The number of nitrogens with zero attached hydrogens (tertiary/aromatic N) is 1. The summed E-state index contributed by atoms with van der Waals surface area (Å²) in [5.41, 5.74) is 0. The van der Waals surface area contributed by atoms with Crippen LogP contribution in [0.2, 0.25) is 0 Å². The molecule has 0 aromatic heterocycles. The SMILES string of the molecule is CC(CNC(=O)NCC1CCN(C)CC1)C(=O)O. The minimum absolute atomic E-state index is 0.161. The van der Waals surface area contributed by atoms with Crippen molar-refractivity contribution in [1.82, 2.24) is 15.5 Å². The number of nitrogens with one attached hydrogen (secondary N) is 2. The maximum atomic E-state index is 11.5. The average molecular weight is 257 g/mol. The molecule has 1 heterocycles. The molecule has 0 bridgehead atoms. The third-order valence-corrected chi connectivity index (χ3v) is 3.38. The summed E-state index contributed by atoms with van der Waals surface area (Å²) in [6.45, 7) is 4.54. The number of hydrogen-bond acceptors (Lipinski definition) is 3. The average Bonchev–Trinajstić information content (AvgIpc) is 2.35. The van der Waals surface area contributed by atoms with E-state index in [1.807, 2.05) is 0 Å². The van der Waals surface area contributed by atoms with Crippen LogP contribution >= 0.6 is 0 Å². The molecule has 6 nitrogen and oxygen atoms in total. The molecule has 1 unspecified atom stereocenters. The summed E-state index contributed by atoms with van der Waals surface area (Å²) in [5, 5.41) is 14.0. The van der Waals surface area contributed by atoms with E-state index in [9.17, 15) is 9.59 Å². The minimum atomic E-state index is -0.898. The van der Waals surface area contributed by atoms with Crippen molar-refractivity contribution in [3.05, 3.63) is 0 Å². The number of rotatable bonds is 5. The second kappa shape index (κ2) is 7.20. The molecule has 0 aromatic carbocycles. The maximum absolute atomic E-state index is 11.5. The zero-order valence-electron chi connectivity index (χ0n) is 11.1. The van der Waals surface area contributed by atoms with Crippen LogP contribution < -0.4 is 10.6 Å². The second-order valence-corrected chi connectivity index (χ2v) is 5.08. The van der Waals surface area contributed by atoms with E-state index in [0.717, 1.165) is 25.9 Å². The number of amides is 2. The standard InChI is InChI=1S/C12H23N3O3/c1-9(11(16)17)7-13-12(18)14-8-10-3-5-15(2)6-4-10/h9-10H,3-8H2,1-2H3,(H,16,17)(H2,13,14,18). The normalized spacial score (nSPS) is 19.2. The minimum Gasteiger partial charge on any atom is -0.481 e. The number of carboxylic acids is 1. The number of carboxylic acid groups (broad SMARTS) is 1. The van der Waals surface area contributed by atoms with Gasteiger partial charge in [-0.05, 0) is 38.9 Å². The Morgan fingerprint density at radius 2 is 1.94 bits per heavy atom. The fourth-order valence-corrected chi connectivity index (χ4v) is 1.90. The van der Waals surface area contributed by atoms with Crippen LogP contribution in [0, 0.1) is 11.8 Å². The lowest BCUT2D eigenvalue weighted by molar-refractivity contribution is -0.140. The Bertz CT molecular complexity index is 288. The van der Waals surface area contributed by atoms with Gasteiger partial charge in [0.1, 0.15) is 0 Å². The second-order valence-electron chi connectivity index (χ2n) is 5.08. The number of carbonyl (C=O) groups excluding carboxylic acids is 1. The maximum Gasteiger partial charge on any atom is 0.314 e. The van der Waals surface area contributed by atoms with Gasteiger partial charge in [-0.3, -0.25) is 4.79 Å². The first-order valence-corrected chi connectivity index (χ1v) is 6.42. The van der Waals surface area contributed by atoms with E-state index in [1.165, 1.54) is 0 Å². The van der Waals surface area contributed by atoms with Crippen molar-refractivity contribution in [3.8, 4) is 0 Å². The van der Waals surface area contributed by atoms with E-state index in [2.05, 4.69) is 22.6 Å². The zero-order chi connectivity index (χ0) is 13.5. The first kappa shape index (κ1) is 14.8. The van der Waals surface area contributed by atoms with Gasteiger partial charge < -0.3 is 20.6 Å². The molecular weight excluding hydrogens is 234 g/mol. The summed E-state index contributed by atoms with van der Waals surface area (Å²) in [7, 11) is 2.10. The van der Waals surface area contributed by atoms with Crippen molar-refractivity contribution >= 4 is 12.0 Å². The predicted molar refractivity (Wildman–Crippen MR) is 68.4 cm³/mol. The van der Waals surface area contributed by atoms with Crippen molar-refractivity contribution in [2.24, 2.45) is 11.8 Å². The third-order valence-electron chi connectivity index (χ3n) is 3.38. The first-order chi connectivity index (χ1) is 8.49. The summed E-state index contributed by atoms with van der Waals surface area (Å²) in [5.74, 6) is -0.923. The summed E-state index contributed by atoms with van der Waals surface area (Å²) in [6.07, 6.45) is 2.20. The molecule has 2 amide bonds. The van der Waals surface area contributed by atoms with E-state index in [-0.39, 0.29) is 12.6 Å². The molecule has 0 spiro atoms. The fourth-order valence-electron chi connectivity index (χ4n) is 1.90. The van der Waals surface area contributed by atoms with E-state index in [4.69, 9.17) is 5.11 Å². The number of likely N-dealkylation sites (tertiary alicyclic amines) is 1. The highest BCUT2D eigenvalue weighted by Gasteiger charge is 2.17. The van der Waals surface area contributed by atoms with Gasteiger partial charge >= 0.3 is 12.0 Å². The van der Waals surface area contributed by atoms with Crippen LogP contribution in [-0.2, 0) is 4.79 Å². The van der Waals surface area contributed by atoms with Gasteiger partial charge in [0.25, 0.3) is 0 Å². The largest absolute Gasteiger partial charge is 0.481 e. The molecule has 104 valence electrons. The molecule has 1 rings (SSSR count). The van der Waals surface area contributed by atoms with Crippen molar-refractivity contribution in [1.29, 1.82) is 0 Å². The molecular formula is C12H23N3O3. The van der Waals surface area contributed by atoms with Crippen molar-refractivity contribution in [3.63, 3.8) is 0 Å². The Morgan fingerprint density at radius 3 is 2.50 bits per heavy atom. The van der Waals surface area contributed by atoms with Crippen LogP contribution in [0.4, 0.5) is 4.79 Å². The number of hydrogen-bond donors (Lipinski definition) is 3. The van der Waals surface area contributed by atoms with Crippen molar-refractivity contribution < 1.29 is 14.7 Å². The molecule has 1 aliphatic rings. The quantitative estimate of drug-likeness (QED) is 0.663. The molecule has 1 fully saturated rings. The van der Waals surface area contributed by atoms with Crippen LogP contribution in [-0.4, -0.2) is 55.2 Å². The van der Waals surface area contributed by atoms with E-state index < -0.39 is 11.9 Å². The van der Waals surface area contributed by atoms with Crippen molar-refractivity contribution in [2.45, 2.75) is 19.8 Å². The van der Waals surface area contributed by atoms with E-state index in [1.54, 1.807) is 6.92 Å². The van der Waals surface area contributed by atoms with Crippen molar-refractivity contribution in [2.75, 3.05) is 33.2 Å². The van der Waals surface area contributed by atoms with Gasteiger partial charge in [-0.2, -0.15) is 0 Å². The number of urea groups is 1. The Hall–Kier alpha value is -1.30. The number of carbonyl (C=O) groups is 2. The lowest BCUT2D eigenvalue weighted by Crippen LogP contribution is -2.43. The zero-order valence-corrected chi connectivity index (χ0v) is 11.1. The Morgan fingerprint density at radius 1 is 1.33 bits per heavy atom. The molecule has 1 aliphatic heterocycles. The number of aliphatic carboxylic acids is 1. The van der Waals surface area contributed by atoms with Crippen LogP contribution in [0.25, 0.3) is 0 Å². The highest BCUT2D eigenvalue weighted by atomic mass is 16.4. The van der Waals surface area contributed by atoms with Gasteiger partial charge in [-0.25, -0.2) is 4.79 Å². The molecule has 0 radical (unpaired) electrons. The van der Waals surface area contributed by atoms with Crippen LogP contribution in [0.3, 0.4) is 0 Å². The molecule has 0 saturated carbocycles. The molecule has 0 aliphatic carbocycles. The monoisotopic (exact) mass is 257 g/mol. The molecule has 1 saturated heterocycles. The van der Waals surface area contributed by atoms with Crippen LogP contribution in [0.5, 0.6) is 0 Å². The van der Waals surface area contributed by atoms with Gasteiger partial charge in [0.15, 0.2) is 0 Å². The van der Waals surface area contributed by atoms with Gasteiger partial charge in [0.2, 0.25) is 0 Å². The third kappa shape index (κ3) is 5.35. The van der Waals surface area contributed by atoms with E-state index in [0.29, 0.717) is 12.5 Å². The predicted octanol–water partition coefficient (Wildman–Crippen LogP) is 0.348. The lowest BCUT2D eigenvalue weighted by atomic mass is 9.97. The fraction of sp³-hybridized carbons (Fsp3) is 0.833. The lowest BCUT2D eigenvalue weighted by Gasteiger charge is -2.28. The van der Waals surface area contributed by atoms with Crippen LogP contribution in [0.1, 0.15) is 19.8 Å². The molecule has 6 heteroatoms. The van der Waals surface area contributed by atoms with Crippen LogP contribution in [0.15, 0.2) is 0 Å². The Labute approximate surface area is 108 Å². The molecule has 18 heavy (non-hydrogen) atoms. The topological polar surface area (TPSA) is 81.7 Å². The Balaban J connectivity index is 2.11. The van der Waals surface area contributed by atoms with Gasteiger partial charge in [-0.1, -0.05) is 6.92 Å². The number of piperidine rings is 1. The Kier molecular flexibility index (Phi) is 5.91. The van der Waals surface area contributed by atoms with E-state index >= 15 is 0 Å². The highest BCUT2D eigenvalue weighted by molar-refractivity contribution is 5.75. The summed E-state index contributed by atoms with van der Waals surface area (Å²) in [6, 6.07) is -0.276. The smallest absolute Gasteiger partial charge is 0.314 e. The highest BCUT2D eigenvalue weighted by Crippen LogP contribution is 2.14. The molecule has 0 aromatic rings. The molecule has 3 N–H and O–H groups in total. The summed E-state index contributed by atoms with van der Waals surface area (Å²) < 4.78 is 0. The first-order valence-electron chi connectivity index (χ1n) is 6.42. The van der Waals surface area contributed by atoms with Gasteiger partial charge in [-0.15, -0.1) is 0 Å².